The van der Waals surface area contributed by atoms with Crippen LogP contribution in [-0.4, -0.2) is 44.2 Å². The molecule has 26 heavy (non-hydrogen) atoms. The lowest BCUT2D eigenvalue weighted by molar-refractivity contribution is 0.0778. The molecule has 2 aliphatic heterocycles. The zero-order valence-corrected chi connectivity index (χ0v) is 14.5. The molecular weight excluding hydrogens is 336 g/mol. The molecule has 2 aromatic carbocycles. The van der Waals surface area contributed by atoms with Crippen LogP contribution < -0.4 is 18.9 Å². The fraction of sp³-hybridized carbons (Fsp3) is 0.263. The molecule has 0 atom stereocenters. The maximum Gasteiger partial charge on any atom is 0.274 e. The molecule has 0 radical (unpaired) electrons. The normalized spacial score (nSPS) is 15.0. The summed E-state index contributed by atoms with van der Waals surface area (Å²) in [5.74, 6) is 2.34. The molecule has 0 N–H and O–H groups in total. The van der Waals surface area contributed by atoms with Gasteiger partial charge < -0.3 is 18.9 Å². The van der Waals surface area contributed by atoms with E-state index in [1.54, 1.807) is 25.3 Å². The summed E-state index contributed by atoms with van der Waals surface area (Å²) in [5.41, 5.74) is 2.27. The van der Waals surface area contributed by atoms with Crippen molar-refractivity contribution >= 4 is 11.6 Å². The van der Waals surface area contributed by atoms with Crippen LogP contribution in [0.15, 0.2) is 41.5 Å². The van der Waals surface area contributed by atoms with E-state index in [0.717, 1.165) is 17.0 Å². The second-order valence-electron chi connectivity index (χ2n) is 5.86. The van der Waals surface area contributed by atoms with Gasteiger partial charge in [-0.1, -0.05) is 0 Å². The molecule has 0 spiro atoms. The number of methoxy groups -OCH3 is 2. The van der Waals surface area contributed by atoms with Gasteiger partial charge in [0, 0.05) is 17.5 Å². The van der Waals surface area contributed by atoms with Gasteiger partial charge in [-0.25, -0.2) is 5.01 Å². The third-order valence-electron chi connectivity index (χ3n) is 4.37. The largest absolute Gasteiger partial charge is 0.493 e. The highest BCUT2D eigenvalue weighted by Gasteiger charge is 2.25. The van der Waals surface area contributed by atoms with Gasteiger partial charge in [-0.2, -0.15) is 5.10 Å². The van der Waals surface area contributed by atoms with E-state index in [-0.39, 0.29) is 12.7 Å². The summed E-state index contributed by atoms with van der Waals surface area (Å²) in [6.45, 7) is 0.756. The second-order valence-corrected chi connectivity index (χ2v) is 5.86. The Balaban J connectivity index is 1.56. The topological polar surface area (TPSA) is 69.6 Å². The lowest BCUT2D eigenvalue weighted by Gasteiger charge is -2.13. The Bertz CT molecular complexity index is 893. The van der Waals surface area contributed by atoms with Crippen LogP contribution in [0.5, 0.6) is 23.0 Å². The number of carbonyl (C=O) groups excluding carboxylic acids is 1. The summed E-state index contributed by atoms with van der Waals surface area (Å²) in [6, 6.07) is 10.8. The van der Waals surface area contributed by atoms with Gasteiger partial charge in [0.1, 0.15) is 0 Å². The van der Waals surface area contributed by atoms with Crippen LogP contribution in [0.3, 0.4) is 0 Å². The van der Waals surface area contributed by atoms with Crippen LogP contribution in [-0.2, 0) is 0 Å². The van der Waals surface area contributed by atoms with Crippen LogP contribution in [0.4, 0.5) is 0 Å². The fourth-order valence-corrected chi connectivity index (χ4v) is 3.00. The monoisotopic (exact) mass is 354 g/mol. The Kier molecular flexibility index (Phi) is 4.12. The molecule has 7 heteroatoms. The Morgan fingerprint density at radius 3 is 2.65 bits per heavy atom. The van der Waals surface area contributed by atoms with Crippen molar-refractivity contribution in [3.8, 4) is 23.0 Å². The smallest absolute Gasteiger partial charge is 0.274 e. The average Bonchev–Trinajstić information content (AvgIpc) is 3.35. The molecule has 0 unspecified atom stereocenters. The number of benzene rings is 2. The van der Waals surface area contributed by atoms with E-state index in [2.05, 4.69) is 5.10 Å². The first-order chi connectivity index (χ1) is 12.7. The maximum atomic E-state index is 12.8. The van der Waals surface area contributed by atoms with Gasteiger partial charge in [0.05, 0.1) is 26.5 Å². The van der Waals surface area contributed by atoms with Crippen molar-refractivity contribution in [1.82, 2.24) is 5.01 Å². The number of hydrazone groups is 1. The Hall–Kier alpha value is -3.22. The van der Waals surface area contributed by atoms with Gasteiger partial charge in [-0.3, -0.25) is 4.79 Å². The summed E-state index contributed by atoms with van der Waals surface area (Å²) in [7, 11) is 3.10. The number of hydrogen-bond donors (Lipinski definition) is 0. The van der Waals surface area contributed by atoms with Crippen molar-refractivity contribution < 1.29 is 23.7 Å². The van der Waals surface area contributed by atoms with Crippen molar-refractivity contribution in [2.24, 2.45) is 5.10 Å². The molecule has 134 valence electrons. The summed E-state index contributed by atoms with van der Waals surface area (Å²) in [6.07, 6.45) is 0.679. The van der Waals surface area contributed by atoms with Gasteiger partial charge in [0.2, 0.25) is 6.79 Å². The molecule has 0 saturated heterocycles. The number of fused-ring (bicyclic) bond motifs is 1. The van der Waals surface area contributed by atoms with Gasteiger partial charge >= 0.3 is 0 Å². The number of nitrogens with zero attached hydrogens (tertiary/aromatic N) is 2. The van der Waals surface area contributed by atoms with Gasteiger partial charge in [-0.05, 0) is 36.4 Å². The second kappa shape index (κ2) is 6.59. The van der Waals surface area contributed by atoms with E-state index in [1.165, 1.54) is 12.1 Å². The molecular formula is C19H18N2O5. The minimum absolute atomic E-state index is 0.179. The van der Waals surface area contributed by atoms with Crippen LogP contribution >= 0.6 is 0 Å². The summed E-state index contributed by atoms with van der Waals surface area (Å²) in [4.78, 5) is 12.8. The summed E-state index contributed by atoms with van der Waals surface area (Å²) < 4.78 is 21.2. The lowest BCUT2D eigenvalue weighted by atomic mass is 10.1. The summed E-state index contributed by atoms with van der Waals surface area (Å²) >= 11 is 0. The van der Waals surface area contributed by atoms with Crippen LogP contribution in [0, 0.1) is 0 Å². The first-order valence-corrected chi connectivity index (χ1v) is 8.21. The Morgan fingerprint density at radius 1 is 1.04 bits per heavy atom. The van der Waals surface area contributed by atoms with Crippen molar-refractivity contribution in [2.45, 2.75) is 6.42 Å². The molecule has 2 aromatic rings. The van der Waals surface area contributed by atoms with Gasteiger partial charge in [0.15, 0.2) is 23.0 Å². The molecule has 4 rings (SSSR count). The number of rotatable bonds is 4. The van der Waals surface area contributed by atoms with Crippen LogP contribution in [0.2, 0.25) is 0 Å². The van der Waals surface area contributed by atoms with Crippen LogP contribution in [0.1, 0.15) is 22.3 Å². The predicted octanol–water partition coefficient (Wildman–Crippen LogP) is 2.68. The minimum Gasteiger partial charge on any atom is -0.493 e. The maximum absolute atomic E-state index is 12.8. The van der Waals surface area contributed by atoms with Crippen molar-refractivity contribution in [3.05, 3.63) is 47.5 Å². The molecule has 0 bridgehead atoms. The highest BCUT2D eigenvalue weighted by molar-refractivity contribution is 6.04. The minimum atomic E-state index is -0.179. The lowest BCUT2D eigenvalue weighted by Crippen LogP contribution is -2.23. The highest BCUT2D eigenvalue weighted by atomic mass is 16.7. The number of hydrogen-bond acceptors (Lipinski definition) is 6. The van der Waals surface area contributed by atoms with E-state index < -0.39 is 0 Å². The van der Waals surface area contributed by atoms with E-state index in [4.69, 9.17) is 18.9 Å². The molecule has 0 aliphatic carbocycles. The number of amides is 1. The third kappa shape index (κ3) is 2.81. The molecule has 0 fully saturated rings. The number of carbonyl (C=O) groups is 1. The molecule has 2 aliphatic rings. The van der Waals surface area contributed by atoms with Gasteiger partial charge in [0.25, 0.3) is 5.91 Å². The molecule has 7 nitrogen and oxygen atoms in total. The standard InChI is InChI=1S/C19H18N2O5/c1-23-15-5-4-13(10-17(15)24-2)19(22)21-8-7-14(20-21)12-3-6-16-18(9-12)26-11-25-16/h3-6,9-10H,7-8,11H2,1-2H3. The van der Waals surface area contributed by atoms with Crippen LogP contribution in [0.25, 0.3) is 0 Å². The average molecular weight is 354 g/mol. The fourth-order valence-electron chi connectivity index (χ4n) is 3.00. The first kappa shape index (κ1) is 16.3. The van der Waals surface area contributed by atoms with E-state index in [1.807, 2.05) is 18.2 Å². The SMILES string of the molecule is COc1ccc(C(=O)N2CCC(c3ccc4c(c3)OCO4)=N2)cc1OC. The number of ether oxygens (including phenoxy) is 4. The zero-order valence-electron chi connectivity index (χ0n) is 14.5. The van der Waals surface area contributed by atoms with Gasteiger partial charge in [-0.15, -0.1) is 0 Å². The summed E-state index contributed by atoms with van der Waals surface area (Å²) in [5, 5.41) is 5.96. The predicted molar refractivity (Wildman–Crippen MR) is 94.3 cm³/mol. The third-order valence-corrected chi connectivity index (χ3v) is 4.37. The van der Waals surface area contributed by atoms with Crippen molar-refractivity contribution in [3.63, 3.8) is 0 Å². The first-order valence-electron chi connectivity index (χ1n) is 8.21. The molecule has 2 heterocycles. The van der Waals surface area contributed by atoms with Crippen molar-refractivity contribution in [1.29, 1.82) is 0 Å². The van der Waals surface area contributed by atoms with Crippen molar-refractivity contribution in [2.75, 3.05) is 27.6 Å². The Labute approximate surface area is 150 Å². The Morgan fingerprint density at radius 2 is 1.85 bits per heavy atom. The van der Waals surface area contributed by atoms with E-state index >= 15 is 0 Å². The quantitative estimate of drug-likeness (QED) is 0.844. The highest BCUT2D eigenvalue weighted by Crippen LogP contribution is 2.34. The molecule has 0 aromatic heterocycles. The molecule has 0 saturated carbocycles. The molecule has 1 amide bonds. The zero-order chi connectivity index (χ0) is 18.1. The van der Waals surface area contributed by atoms with E-state index in [0.29, 0.717) is 35.8 Å². The van der Waals surface area contributed by atoms with E-state index in [9.17, 15) is 4.79 Å².